The van der Waals surface area contributed by atoms with Gasteiger partial charge in [0, 0.05) is 12.1 Å². The maximum Gasteiger partial charge on any atom is 0.337 e. The Kier molecular flexibility index (Phi) is 8.76. The van der Waals surface area contributed by atoms with E-state index in [4.69, 9.17) is 21.4 Å². The second kappa shape index (κ2) is 11.3. The van der Waals surface area contributed by atoms with E-state index in [0.717, 1.165) is 12.0 Å². The lowest BCUT2D eigenvalue weighted by molar-refractivity contribution is -0.128. The van der Waals surface area contributed by atoms with Gasteiger partial charge in [-0.05, 0) is 42.2 Å². The van der Waals surface area contributed by atoms with Crippen molar-refractivity contribution in [2.24, 2.45) is 0 Å². The van der Waals surface area contributed by atoms with Crippen molar-refractivity contribution in [2.45, 2.75) is 45.4 Å². The first-order chi connectivity index (χ1) is 13.5. The van der Waals surface area contributed by atoms with E-state index < -0.39 is 11.9 Å². The number of hydrogen-bond acceptors (Lipinski definition) is 3. The number of esters is 1. The van der Waals surface area contributed by atoms with E-state index in [1.54, 1.807) is 6.08 Å². The number of rotatable bonds is 10. The van der Waals surface area contributed by atoms with Crippen molar-refractivity contribution in [2.75, 3.05) is 0 Å². The lowest BCUT2D eigenvalue weighted by Gasteiger charge is -2.04. The largest absolute Gasteiger partial charge is 0.478 e. The van der Waals surface area contributed by atoms with E-state index in [2.05, 4.69) is 19.1 Å². The minimum atomic E-state index is -1.13. The van der Waals surface area contributed by atoms with Gasteiger partial charge >= 0.3 is 11.9 Å². The highest BCUT2D eigenvalue weighted by Gasteiger charge is 2.10. The van der Waals surface area contributed by atoms with Gasteiger partial charge in [-0.15, -0.1) is 0 Å². The molecule has 1 N–H and O–H groups in total. The van der Waals surface area contributed by atoms with Crippen LogP contribution in [0.25, 0.3) is 6.08 Å². The van der Waals surface area contributed by atoms with E-state index in [1.165, 1.54) is 61.9 Å². The van der Waals surface area contributed by atoms with Gasteiger partial charge in [0.2, 0.25) is 0 Å². The van der Waals surface area contributed by atoms with Gasteiger partial charge in [0.25, 0.3) is 0 Å². The molecule has 0 bridgehead atoms. The summed E-state index contributed by atoms with van der Waals surface area (Å²) >= 11 is 5.87. The van der Waals surface area contributed by atoms with E-state index in [-0.39, 0.29) is 16.3 Å². The molecule has 0 spiro atoms. The fourth-order valence-corrected chi connectivity index (χ4v) is 3.03. The summed E-state index contributed by atoms with van der Waals surface area (Å²) < 4.78 is 5.16. The zero-order chi connectivity index (χ0) is 20.4. The Bertz CT molecular complexity index is 825. The van der Waals surface area contributed by atoms with Crippen molar-refractivity contribution in [1.82, 2.24) is 0 Å². The molecule has 4 nitrogen and oxygen atoms in total. The van der Waals surface area contributed by atoms with Gasteiger partial charge in [0.15, 0.2) is 0 Å². The van der Waals surface area contributed by atoms with Gasteiger partial charge in [0.05, 0.1) is 10.6 Å². The van der Waals surface area contributed by atoms with Gasteiger partial charge in [-0.2, -0.15) is 0 Å². The van der Waals surface area contributed by atoms with Crippen LogP contribution in [0.4, 0.5) is 0 Å². The molecule has 0 heterocycles. The fourth-order valence-electron chi connectivity index (χ4n) is 2.78. The molecule has 0 radical (unpaired) electrons. The number of carboxylic acid groups (broad SMARTS) is 1. The molecule has 0 saturated carbocycles. The molecule has 2 aromatic carbocycles. The van der Waals surface area contributed by atoms with Crippen LogP contribution in [-0.2, 0) is 11.2 Å². The third kappa shape index (κ3) is 7.20. The summed E-state index contributed by atoms with van der Waals surface area (Å²) in [4.78, 5) is 22.9. The molecule has 0 aliphatic rings. The monoisotopic (exact) mass is 400 g/mol. The van der Waals surface area contributed by atoms with Crippen LogP contribution in [0.3, 0.4) is 0 Å². The van der Waals surface area contributed by atoms with Crippen LogP contribution in [0.2, 0.25) is 5.02 Å². The van der Waals surface area contributed by atoms with Crippen LogP contribution in [-0.4, -0.2) is 17.0 Å². The number of aromatic carboxylic acids is 1. The van der Waals surface area contributed by atoms with Crippen molar-refractivity contribution in [1.29, 1.82) is 0 Å². The fraction of sp³-hybridized carbons (Fsp3) is 0.304. The summed E-state index contributed by atoms with van der Waals surface area (Å²) in [7, 11) is 0. The molecule has 0 amide bonds. The smallest absolute Gasteiger partial charge is 0.337 e. The molecule has 0 fully saturated rings. The summed E-state index contributed by atoms with van der Waals surface area (Å²) in [5.41, 5.74) is 2.16. The Morgan fingerprint density at radius 2 is 1.75 bits per heavy atom. The molecular formula is C23H25ClO4. The first-order valence-electron chi connectivity index (χ1n) is 9.51. The Balaban J connectivity index is 1.85. The zero-order valence-electron chi connectivity index (χ0n) is 16.0. The summed E-state index contributed by atoms with van der Waals surface area (Å²) in [6.45, 7) is 2.21. The highest BCUT2D eigenvalue weighted by atomic mass is 35.5. The highest BCUT2D eigenvalue weighted by molar-refractivity contribution is 6.33. The van der Waals surface area contributed by atoms with Crippen LogP contribution in [0.15, 0.2) is 48.5 Å². The number of carbonyl (C=O) groups is 2. The number of aryl methyl sites for hydroxylation is 1. The highest BCUT2D eigenvalue weighted by Crippen LogP contribution is 2.23. The molecule has 0 saturated heterocycles. The molecule has 2 rings (SSSR count). The second-order valence-corrected chi connectivity index (χ2v) is 7.01. The number of carbonyl (C=O) groups excluding carboxylic acids is 1. The number of ether oxygens (including phenoxy) is 1. The van der Waals surface area contributed by atoms with Crippen molar-refractivity contribution in [3.63, 3.8) is 0 Å². The van der Waals surface area contributed by atoms with Crippen LogP contribution < -0.4 is 4.74 Å². The predicted molar refractivity (Wildman–Crippen MR) is 112 cm³/mol. The maximum atomic E-state index is 11.9. The topological polar surface area (TPSA) is 63.6 Å². The van der Waals surface area contributed by atoms with Crippen molar-refractivity contribution in [3.8, 4) is 5.75 Å². The van der Waals surface area contributed by atoms with E-state index >= 15 is 0 Å². The normalized spacial score (nSPS) is 10.9. The molecule has 0 unspecified atom stereocenters. The summed E-state index contributed by atoms with van der Waals surface area (Å²) in [6.07, 6.45) is 10.4. The lowest BCUT2D eigenvalue weighted by atomic mass is 10.0. The van der Waals surface area contributed by atoms with E-state index in [9.17, 15) is 9.59 Å². The Labute approximate surface area is 170 Å². The van der Waals surface area contributed by atoms with Gasteiger partial charge in [-0.25, -0.2) is 9.59 Å². The van der Waals surface area contributed by atoms with Gasteiger partial charge < -0.3 is 9.84 Å². The number of halogens is 1. The van der Waals surface area contributed by atoms with Gasteiger partial charge in [-0.1, -0.05) is 68.5 Å². The average Bonchev–Trinajstić information content (AvgIpc) is 2.67. The lowest BCUT2D eigenvalue weighted by Crippen LogP contribution is -2.04. The molecule has 2 aromatic rings. The Hall–Kier alpha value is -2.59. The zero-order valence-corrected chi connectivity index (χ0v) is 16.7. The Morgan fingerprint density at radius 3 is 2.39 bits per heavy atom. The van der Waals surface area contributed by atoms with Crippen molar-refractivity contribution in [3.05, 3.63) is 70.3 Å². The third-order valence-corrected chi connectivity index (χ3v) is 4.66. The molecule has 148 valence electrons. The quantitative estimate of drug-likeness (QED) is 0.224. The summed E-state index contributed by atoms with van der Waals surface area (Å²) in [5, 5.41) is 8.97. The van der Waals surface area contributed by atoms with Crippen molar-refractivity contribution >= 4 is 29.6 Å². The van der Waals surface area contributed by atoms with E-state index in [1.807, 2.05) is 12.1 Å². The molecular weight excluding hydrogens is 376 g/mol. The number of unbranched alkanes of at least 4 members (excludes halogenated alkanes) is 4. The van der Waals surface area contributed by atoms with Crippen LogP contribution >= 0.6 is 11.6 Å². The average molecular weight is 401 g/mol. The minimum absolute atomic E-state index is 0.0204. The molecule has 0 aliphatic carbocycles. The van der Waals surface area contributed by atoms with Crippen LogP contribution in [0.5, 0.6) is 5.75 Å². The number of benzene rings is 2. The molecule has 5 heteroatoms. The first kappa shape index (κ1) is 21.7. The van der Waals surface area contributed by atoms with Gasteiger partial charge in [-0.3, -0.25) is 0 Å². The SMILES string of the molecule is CCCCCCCc1ccc(C=CC(=O)Oc2ccc(C(=O)O)c(Cl)c2)cc1. The molecule has 28 heavy (non-hydrogen) atoms. The third-order valence-electron chi connectivity index (χ3n) is 4.35. The molecule has 0 aliphatic heterocycles. The summed E-state index contributed by atoms with van der Waals surface area (Å²) in [6, 6.07) is 12.1. The Morgan fingerprint density at radius 1 is 1.04 bits per heavy atom. The van der Waals surface area contributed by atoms with Gasteiger partial charge in [0.1, 0.15) is 5.75 Å². The van der Waals surface area contributed by atoms with Crippen molar-refractivity contribution < 1.29 is 19.4 Å². The summed E-state index contributed by atoms with van der Waals surface area (Å²) in [5.74, 6) is -1.49. The predicted octanol–water partition coefficient (Wildman–Crippen LogP) is 6.17. The molecule has 0 atom stereocenters. The minimum Gasteiger partial charge on any atom is -0.478 e. The number of carboxylic acids is 1. The number of hydrogen-bond donors (Lipinski definition) is 1. The second-order valence-electron chi connectivity index (χ2n) is 6.61. The van der Waals surface area contributed by atoms with Crippen LogP contribution in [0.1, 0.15) is 60.5 Å². The van der Waals surface area contributed by atoms with E-state index in [0.29, 0.717) is 0 Å². The molecule has 0 aromatic heterocycles. The maximum absolute atomic E-state index is 11.9. The first-order valence-corrected chi connectivity index (χ1v) is 9.89. The standard InChI is InChI=1S/C23H25ClO4/c1-2-3-4-5-6-7-17-8-10-18(11-9-17)12-15-22(25)28-19-13-14-20(23(26)27)21(24)16-19/h8-16H,2-7H2,1H3,(H,26,27). The van der Waals surface area contributed by atoms with Crippen LogP contribution in [0, 0.1) is 0 Å².